The second kappa shape index (κ2) is 21.0. The van der Waals surface area contributed by atoms with Crippen LogP contribution in [0, 0.1) is 17.6 Å². The van der Waals surface area contributed by atoms with E-state index in [-0.39, 0.29) is 23.3 Å². The number of carbonyl (C=O) groups is 2. The Morgan fingerprint density at radius 3 is 1.66 bits per heavy atom. The highest BCUT2D eigenvalue weighted by Crippen LogP contribution is 2.64. The number of carbonyl (C=O) groups excluding carboxylic acids is 2. The van der Waals surface area contributed by atoms with Crippen molar-refractivity contribution in [2.24, 2.45) is 5.92 Å². The third-order valence-electron chi connectivity index (χ3n) is 10.7. The first kappa shape index (κ1) is 58.7. The standard InChI is InChI=1S/C39H43F19N2O6Si/c1-20(2)67(21(3)4,18-15-32(42,43)33(44,45)34(46,47)35(48,49)36(50,51)37(52,53)38(54,55)39(56,57)58)65-17-16-64-26-12-9-24(10-13-26)29(22(5)7-8-23(6)30(61)60-63)66-31(62)59-28-14-11-25(40)19-27(28)41/h8-14,19-22,29,63H,7,15-18H2,1-6H3,(H,59,62)(H,60,61)/b23-8+/t22-,29-/m1/s1. The first-order valence-electron chi connectivity index (χ1n) is 19.4. The molecule has 67 heavy (non-hydrogen) atoms. The number of amides is 2. The average molecular weight is 1020 g/mol. The summed E-state index contributed by atoms with van der Waals surface area (Å²) in [5, 5.41) is 11.0. The lowest BCUT2D eigenvalue weighted by molar-refractivity contribution is -0.461. The molecule has 0 aliphatic rings. The molecule has 2 amide bonds. The summed E-state index contributed by atoms with van der Waals surface area (Å²) < 4.78 is 280. The average Bonchev–Trinajstić information content (AvgIpc) is 3.21. The van der Waals surface area contributed by atoms with E-state index in [4.69, 9.17) is 19.1 Å². The van der Waals surface area contributed by atoms with Crippen LogP contribution in [-0.4, -0.2) is 86.4 Å². The minimum atomic E-state index is -8.73. The summed E-state index contributed by atoms with van der Waals surface area (Å²) in [4.78, 5) is 24.6. The molecule has 382 valence electrons. The zero-order valence-corrected chi connectivity index (χ0v) is 36.6. The summed E-state index contributed by atoms with van der Waals surface area (Å²) >= 11 is 0. The molecule has 0 fully saturated rings. The van der Waals surface area contributed by atoms with Crippen molar-refractivity contribution in [3.8, 4) is 5.75 Å². The molecule has 2 atom stereocenters. The largest absolute Gasteiger partial charge is 0.491 e. The Kier molecular flexibility index (Phi) is 18.4. The van der Waals surface area contributed by atoms with Crippen molar-refractivity contribution >= 4 is 26.0 Å². The van der Waals surface area contributed by atoms with Gasteiger partial charge in [0.05, 0.1) is 12.3 Å². The lowest BCUT2D eigenvalue weighted by Crippen LogP contribution is -2.74. The Hall–Kier alpha value is -4.47. The van der Waals surface area contributed by atoms with Crippen LogP contribution in [0.3, 0.4) is 0 Å². The summed E-state index contributed by atoms with van der Waals surface area (Å²) in [5.41, 5.74) is -0.563. The van der Waals surface area contributed by atoms with Crippen molar-refractivity contribution in [2.75, 3.05) is 18.5 Å². The fourth-order valence-corrected chi connectivity index (χ4v) is 11.0. The zero-order chi connectivity index (χ0) is 52.2. The molecule has 2 aromatic rings. The maximum absolute atomic E-state index is 15.0. The van der Waals surface area contributed by atoms with E-state index in [9.17, 15) is 93.0 Å². The molecule has 2 aromatic carbocycles. The van der Waals surface area contributed by atoms with Gasteiger partial charge in [0.1, 0.15) is 30.1 Å². The molecule has 0 saturated heterocycles. The number of hydrogen-bond donors (Lipinski definition) is 3. The molecule has 0 spiro atoms. The number of rotatable bonds is 23. The van der Waals surface area contributed by atoms with Crippen LogP contribution >= 0.6 is 0 Å². The number of allylic oxidation sites excluding steroid dienone is 1. The normalized spacial score (nSPS) is 15.1. The second-order valence-corrected chi connectivity index (χ2v) is 20.8. The third kappa shape index (κ3) is 11.9. The van der Waals surface area contributed by atoms with Gasteiger partial charge in [-0.15, -0.1) is 0 Å². The van der Waals surface area contributed by atoms with Gasteiger partial charge in [-0.1, -0.05) is 52.8 Å². The molecule has 28 heteroatoms. The minimum absolute atomic E-state index is 0.0259. The van der Waals surface area contributed by atoms with Crippen LogP contribution < -0.4 is 15.5 Å². The first-order valence-corrected chi connectivity index (χ1v) is 21.6. The van der Waals surface area contributed by atoms with E-state index in [0.29, 0.717) is 6.07 Å². The van der Waals surface area contributed by atoms with Gasteiger partial charge in [-0.3, -0.25) is 15.3 Å². The van der Waals surface area contributed by atoms with E-state index in [1.54, 1.807) is 6.92 Å². The number of hydroxylamine groups is 1. The SMILES string of the molecule is C/C(=C\C[C@@H](C)[C@@H](OC(=O)Nc1ccc(F)cc1F)c1ccc(OCCO[Si](CCC(F)(F)C(F)(F)C(F)(F)C(F)(F)C(F)(F)C(F)(F)C(F)(F)C(F)(F)F)(C(C)C)C(C)C)cc1)C(=O)NO. The van der Waals surface area contributed by atoms with Gasteiger partial charge in [0.25, 0.3) is 5.91 Å². The van der Waals surface area contributed by atoms with E-state index in [0.717, 1.165) is 12.1 Å². The van der Waals surface area contributed by atoms with Crippen molar-refractivity contribution in [1.29, 1.82) is 0 Å². The molecule has 0 heterocycles. The quantitative estimate of drug-likeness (QED) is 0.0256. The second-order valence-electron chi connectivity index (χ2n) is 15.8. The molecule has 0 unspecified atom stereocenters. The number of benzene rings is 2. The van der Waals surface area contributed by atoms with Gasteiger partial charge in [0.15, 0.2) is 8.32 Å². The van der Waals surface area contributed by atoms with Crippen LogP contribution in [0.1, 0.15) is 66.1 Å². The maximum atomic E-state index is 15.0. The van der Waals surface area contributed by atoms with Gasteiger partial charge in [0.2, 0.25) is 0 Å². The fourth-order valence-electron chi connectivity index (χ4n) is 6.53. The molecule has 0 aliphatic heterocycles. The van der Waals surface area contributed by atoms with E-state index >= 15 is 0 Å². The Balaban J connectivity index is 2.32. The Labute approximate surface area is 370 Å². The molecule has 3 N–H and O–H groups in total. The number of alkyl halides is 17. The van der Waals surface area contributed by atoms with Crippen LogP contribution in [0.4, 0.5) is 93.9 Å². The Bertz CT molecular complexity index is 2020. The molecule has 2 rings (SSSR count). The smallest absolute Gasteiger partial charge is 0.460 e. The number of ether oxygens (including phenoxy) is 2. The monoisotopic (exact) mass is 1020 g/mol. The lowest BCUT2D eigenvalue weighted by atomic mass is 9.88. The van der Waals surface area contributed by atoms with Gasteiger partial charge in [0, 0.05) is 24.0 Å². The third-order valence-corrected chi connectivity index (χ3v) is 16.4. The van der Waals surface area contributed by atoms with Crippen LogP contribution in [0.2, 0.25) is 17.1 Å². The first-order chi connectivity index (χ1) is 30.2. The lowest BCUT2D eigenvalue weighted by Gasteiger charge is -2.44. The summed E-state index contributed by atoms with van der Waals surface area (Å²) in [6.07, 6.45) is -11.4. The van der Waals surface area contributed by atoms with E-state index in [1.165, 1.54) is 70.4 Å². The number of halogens is 19. The summed E-state index contributed by atoms with van der Waals surface area (Å²) in [6.45, 7) is 6.97. The van der Waals surface area contributed by atoms with Gasteiger partial charge in [-0.25, -0.2) is 19.1 Å². The van der Waals surface area contributed by atoms with E-state index in [2.05, 4.69) is 5.32 Å². The Morgan fingerprint density at radius 2 is 1.19 bits per heavy atom. The predicted molar refractivity (Wildman–Crippen MR) is 201 cm³/mol. The van der Waals surface area contributed by atoms with Gasteiger partial charge in [-0.05, 0) is 60.3 Å². The molecule has 0 saturated carbocycles. The van der Waals surface area contributed by atoms with Gasteiger partial charge < -0.3 is 13.9 Å². The molecule has 8 nitrogen and oxygen atoms in total. The highest BCUT2D eigenvalue weighted by Gasteiger charge is 2.95. The summed E-state index contributed by atoms with van der Waals surface area (Å²) in [6, 6.07) is 6.21. The number of nitrogens with one attached hydrogen (secondary N) is 2. The van der Waals surface area contributed by atoms with Crippen LogP contribution in [0.15, 0.2) is 54.1 Å². The topological polar surface area (TPSA) is 106 Å². The van der Waals surface area contributed by atoms with E-state index < -0.39 is 134 Å². The molecular weight excluding hydrogens is 981 g/mol. The van der Waals surface area contributed by atoms with E-state index in [1.807, 2.05) is 0 Å². The number of anilines is 1. The predicted octanol–water partition coefficient (Wildman–Crippen LogP) is 13.3. The minimum Gasteiger partial charge on any atom is -0.491 e. The maximum Gasteiger partial charge on any atom is 0.460 e. The van der Waals surface area contributed by atoms with Crippen molar-refractivity contribution in [3.05, 3.63) is 71.3 Å². The van der Waals surface area contributed by atoms with Crippen LogP contribution in [0.25, 0.3) is 0 Å². The van der Waals surface area contributed by atoms with Crippen molar-refractivity contribution in [3.63, 3.8) is 0 Å². The molecule has 0 aliphatic carbocycles. The molecule has 0 aromatic heterocycles. The van der Waals surface area contributed by atoms with Crippen molar-refractivity contribution in [1.82, 2.24) is 5.48 Å². The van der Waals surface area contributed by atoms with Crippen molar-refractivity contribution in [2.45, 2.75) is 125 Å². The van der Waals surface area contributed by atoms with Crippen molar-refractivity contribution < 1.29 is 112 Å². The van der Waals surface area contributed by atoms with Gasteiger partial charge >= 0.3 is 53.7 Å². The Morgan fingerprint density at radius 1 is 0.701 bits per heavy atom. The summed E-state index contributed by atoms with van der Waals surface area (Å²) in [7, 11) is -4.07. The number of hydrogen-bond acceptors (Lipinski definition) is 6. The zero-order valence-electron chi connectivity index (χ0n) is 35.6. The molecular formula is C39H43F19N2O6Si. The molecule has 0 radical (unpaired) electrons. The van der Waals surface area contributed by atoms with Gasteiger partial charge in [-0.2, -0.15) is 74.6 Å². The highest BCUT2D eigenvalue weighted by molar-refractivity contribution is 6.76. The summed E-state index contributed by atoms with van der Waals surface area (Å²) in [5.74, 6) is -60.6. The highest BCUT2D eigenvalue weighted by atomic mass is 28.4. The van der Waals surface area contributed by atoms with Crippen LogP contribution in [0.5, 0.6) is 5.75 Å². The van der Waals surface area contributed by atoms with Crippen LogP contribution in [-0.2, 0) is 14.0 Å². The fraction of sp³-hybridized carbons (Fsp3) is 0.590. The molecule has 0 bridgehead atoms.